The summed E-state index contributed by atoms with van der Waals surface area (Å²) in [5, 5.41) is 55.4. The number of piperidine rings is 3. The molecule has 0 spiro atoms. The number of carboxylic acids is 1. The Morgan fingerprint density at radius 2 is 0.860 bits per heavy atom. The minimum atomic E-state index is -1.54. The van der Waals surface area contributed by atoms with E-state index >= 15 is 8.78 Å². The Hall–Kier alpha value is -8.72. The highest BCUT2D eigenvalue weighted by Gasteiger charge is 2.55. The van der Waals surface area contributed by atoms with Crippen LogP contribution in [0.1, 0.15) is 159 Å². The lowest BCUT2D eigenvalue weighted by Crippen LogP contribution is -2.38. The third-order valence-electron chi connectivity index (χ3n) is 22.9. The fraction of sp³-hybridized carbons (Fsp3) is 0.386. The molecule has 3 saturated heterocycles. The zero-order valence-electron chi connectivity index (χ0n) is 61.1. The lowest BCUT2D eigenvalue weighted by atomic mass is 10.0. The van der Waals surface area contributed by atoms with Gasteiger partial charge in [-0.3, -0.25) is 0 Å². The first kappa shape index (κ1) is 80.5. The van der Waals surface area contributed by atoms with Crippen LogP contribution in [0.5, 0.6) is 0 Å². The second-order valence-electron chi connectivity index (χ2n) is 29.9. The van der Waals surface area contributed by atoms with Gasteiger partial charge in [0, 0.05) is 82.1 Å². The van der Waals surface area contributed by atoms with Crippen LogP contribution in [0.2, 0.25) is 30.1 Å². The average molecular weight is 1740 g/mol. The highest BCUT2D eigenvalue weighted by Crippen LogP contribution is 2.57. The number of halogens is 10. The predicted octanol–water partition coefficient (Wildman–Crippen LogP) is 19.8. The second kappa shape index (κ2) is 33.1. The molecule has 21 nitrogen and oxygen atoms in total. The van der Waals surface area contributed by atoms with Crippen LogP contribution >= 0.6 is 85.5 Å². The quantitative estimate of drug-likeness (QED) is 0.0670. The number of carbonyl (C=O) groups excluding carboxylic acids is 2. The number of fused-ring (bicyclic) bond motifs is 6. The number of aromatic nitrogens is 3. The number of ether oxygens (including phenoxy) is 5. The summed E-state index contributed by atoms with van der Waals surface area (Å²) in [6.45, 7) is 2.99. The second-order valence-corrected chi connectivity index (χ2v) is 33.3. The number of aromatic carboxylic acids is 1. The molecule has 0 radical (unpaired) electrons. The van der Waals surface area contributed by atoms with E-state index in [9.17, 15) is 34.4 Å². The predicted molar refractivity (Wildman–Crippen MR) is 421 cm³/mol. The molecule has 6 bridgehead atoms. The van der Waals surface area contributed by atoms with E-state index in [1.54, 1.807) is 97.1 Å². The summed E-state index contributed by atoms with van der Waals surface area (Å²) in [7, 11) is 2.58. The Kier molecular flexibility index (Phi) is 23.4. The van der Waals surface area contributed by atoms with Gasteiger partial charge in [0.05, 0.1) is 133 Å². The van der Waals surface area contributed by atoms with Gasteiger partial charge in [-0.15, -0.1) is 0 Å². The molecule has 0 unspecified atom stereocenters. The zero-order chi connectivity index (χ0) is 80.2. The molecule has 31 heteroatoms. The molecule has 3 aromatic heterocycles. The number of carboxylic acid groups (broad SMARTS) is 1. The summed E-state index contributed by atoms with van der Waals surface area (Å²) in [5.41, 5.74) is 3.11. The van der Waals surface area contributed by atoms with Crippen LogP contribution in [0, 0.1) is 51.7 Å². The number of anilines is 2. The SMILES string of the molecule is COC(=O)c1ccc(Br)cc1C#N.COC(=O)c1ccc(N2C[C@@H]3C[C@H]2C[C@H]3OCc2c(-c3c(Cl)cccc3Cl)noc2C2(F)CC2)cc1C#N.FC1(c2onc(-c3c(Cl)cccc3Cl)c2CO[C@@H]2C[C@@H]3C[C@H]2CN3)CC1.N#Cc1cc(N2C[C@@H]3C[C@H]2C[C@H]3OCc2c(-c3c(Cl)cccc3Cl)noc2C2(F)CC2)ccc1C(=O)O. The number of benzene rings is 6. The molecule has 6 aliphatic carbocycles. The maximum absolute atomic E-state index is 15.2. The third kappa shape index (κ3) is 16.2. The number of nitrogens with zero attached hydrogens (tertiary/aromatic N) is 8. The lowest BCUT2D eigenvalue weighted by molar-refractivity contribution is 0.00831. The first-order valence-corrected chi connectivity index (χ1v) is 40.1. The van der Waals surface area contributed by atoms with Crippen LogP contribution in [-0.4, -0.2) is 109 Å². The average Bonchev–Trinajstić information content (AvgIpc) is 1.60. The molecule has 590 valence electrons. The minimum absolute atomic E-state index is 0.00272. The molecular weight excluding hydrogens is 1660 g/mol. The summed E-state index contributed by atoms with van der Waals surface area (Å²) in [6, 6.07) is 37.4. The van der Waals surface area contributed by atoms with E-state index in [4.69, 9.17) is 107 Å². The molecule has 9 aromatic rings. The van der Waals surface area contributed by atoms with Gasteiger partial charge in [-0.1, -0.05) is 119 Å². The van der Waals surface area contributed by atoms with Gasteiger partial charge >= 0.3 is 17.9 Å². The first-order valence-electron chi connectivity index (χ1n) is 37.0. The van der Waals surface area contributed by atoms with E-state index in [1.165, 1.54) is 20.3 Å². The van der Waals surface area contributed by atoms with Crippen molar-refractivity contribution < 1.29 is 69.9 Å². The third-order valence-corrected chi connectivity index (χ3v) is 25.3. The molecule has 9 aliphatic rings. The van der Waals surface area contributed by atoms with Crippen molar-refractivity contribution in [3.8, 4) is 52.0 Å². The highest BCUT2D eigenvalue weighted by atomic mass is 79.9. The van der Waals surface area contributed by atoms with Crippen LogP contribution in [-0.2, 0) is 60.5 Å². The van der Waals surface area contributed by atoms with Crippen molar-refractivity contribution in [2.45, 2.75) is 150 Å². The molecule has 0 amide bonds. The van der Waals surface area contributed by atoms with Crippen LogP contribution < -0.4 is 15.1 Å². The van der Waals surface area contributed by atoms with E-state index in [1.807, 2.05) is 18.2 Å². The number of rotatable bonds is 20. The number of hydrogen-bond acceptors (Lipinski definition) is 20. The normalized spacial score (nSPS) is 22.8. The Morgan fingerprint density at radius 3 is 1.18 bits per heavy atom. The summed E-state index contributed by atoms with van der Waals surface area (Å²) in [5.74, 6) is -0.464. The number of hydrogen-bond donors (Lipinski definition) is 2. The van der Waals surface area contributed by atoms with Gasteiger partial charge < -0.3 is 57.5 Å². The summed E-state index contributed by atoms with van der Waals surface area (Å²) in [6.07, 6.45) is 8.09. The number of nitrogens with one attached hydrogen (secondary N) is 1. The molecule has 114 heavy (non-hydrogen) atoms. The molecular formula is C83H71BrCl6F3N9O12. The summed E-state index contributed by atoms with van der Waals surface area (Å²) < 4.78 is 90.5. The molecule has 2 N–H and O–H groups in total. The summed E-state index contributed by atoms with van der Waals surface area (Å²) >= 11 is 41.6. The van der Waals surface area contributed by atoms with Crippen molar-refractivity contribution in [2.75, 3.05) is 43.7 Å². The number of esters is 2. The van der Waals surface area contributed by atoms with Crippen molar-refractivity contribution >= 4 is 115 Å². The van der Waals surface area contributed by atoms with Gasteiger partial charge in [0.1, 0.15) is 35.3 Å². The van der Waals surface area contributed by atoms with E-state index in [2.05, 4.69) is 57.3 Å². The van der Waals surface area contributed by atoms with E-state index in [0.717, 1.165) is 74.0 Å². The number of alkyl halides is 3. The van der Waals surface area contributed by atoms with Crippen molar-refractivity contribution in [1.82, 2.24) is 20.8 Å². The standard InChI is InChI=1S/C28H24Cl2FN3O4.C27H22Cl2FN3O4.C19H19Cl2FN2O2.C9H6BrNO2/c1-36-27(35)19-6-5-17(9-15(19)12-32)34-13-16-10-18(34)11-23(16)37-14-20-25(24-21(29)3-2-4-22(24)30)33-38-26(20)28(31)7-8-28;28-20-2-1-3-21(29)23(20)24-19(25(37-32-24)27(30)6-7-27)13-36-22-10-17-9-15(22)12-33(17)16-4-5-18(26(34)35)14(8-16)11-31;20-13-2-1-3-14(21)16(13)17-12(18(26-24-17)19(22)4-5-19)9-25-15-7-11-6-10(15)8-23-11;1-13-9(12)8-3-2-7(10)4-6(8)5-11/h2-6,9,16,18,23H,7-8,10-11,13-14H2,1H3;1-5,8,15,17,22H,6-7,9-10,12-13H2,(H,34,35);1-3,10-11,15,23H,4-9H2;2-4H,1H3/t16-,18-,23+;15-,17-,22+;10-,11-,15+;/m000./s1. The van der Waals surface area contributed by atoms with Crippen molar-refractivity contribution in [2.24, 2.45) is 17.8 Å². The highest BCUT2D eigenvalue weighted by molar-refractivity contribution is 9.10. The monoisotopic (exact) mass is 1730 g/mol. The van der Waals surface area contributed by atoms with Gasteiger partial charge in [0.2, 0.25) is 0 Å². The molecule has 6 saturated carbocycles. The van der Waals surface area contributed by atoms with Crippen LogP contribution in [0.25, 0.3) is 33.8 Å². The lowest BCUT2D eigenvalue weighted by Gasteiger charge is -2.33. The van der Waals surface area contributed by atoms with Crippen LogP contribution in [0.4, 0.5) is 24.5 Å². The van der Waals surface area contributed by atoms with Crippen molar-refractivity contribution in [3.63, 3.8) is 0 Å². The van der Waals surface area contributed by atoms with Gasteiger partial charge in [-0.25, -0.2) is 27.6 Å². The van der Waals surface area contributed by atoms with Gasteiger partial charge in [-0.2, -0.15) is 15.8 Å². The maximum Gasteiger partial charge on any atom is 0.339 e. The number of nitriles is 3. The number of carbonyl (C=O) groups is 3. The molecule has 9 atom stereocenters. The van der Waals surface area contributed by atoms with Gasteiger partial charge in [0.15, 0.2) is 34.3 Å². The Labute approximate surface area is 691 Å². The molecule has 6 heterocycles. The Bertz CT molecular complexity index is 5330. The van der Waals surface area contributed by atoms with E-state index in [0.29, 0.717) is 137 Å². The fourth-order valence-electron chi connectivity index (χ4n) is 16.6. The molecule has 9 fully saturated rings. The first-order chi connectivity index (χ1) is 54.8. The van der Waals surface area contributed by atoms with E-state index in [-0.39, 0.29) is 107 Å². The Balaban J connectivity index is 0.000000126. The van der Waals surface area contributed by atoms with Crippen molar-refractivity contribution in [1.29, 1.82) is 15.8 Å². The van der Waals surface area contributed by atoms with Crippen LogP contribution in [0.15, 0.2) is 127 Å². The molecule has 18 rings (SSSR count). The van der Waals surface area contributed by atoms with Gasteiger partial charge in [-0.05, 0) is 174 Å². The largest absolute Gasteiger partial charge is 0.478 e. The van der Waals surface area contributed by atoms with E-state index < -0.39 is 34.9 Å². The van der Waals surface area contributed by atoms with Crippen LogP contribution in [0.3, 0.4) is 0 Å². The zero-order valence-corrected chi connectivity index (χ0v) is 67.2. The topological polar surface area (TPSA) is 286 Å². The fourth-order valence-corrected chi connectivity index (χ4v) is 18.6. The molecule has 6 aromatic carbocycles. The number of methoxy groups -OCH3 is 2. The minimum Gasteiger partial charge on any atom is -0.478 e. The Morgan fingerprint density at radius 1 is 0.509 bits per heavy atom. The molecule has 3 aliphatic heterocycles. The summed E-state index contributed by atoms with van der Waals surface area (Å²) in [4.78, 5) is 38.9. The maximum atomic E-state index is 15.2. The van der Waals surface area contributed by atoms with Crippen molar-refractivity contribution in [3.05, 3.63) is 211 Å². The smallest absolute Gasteiger partial charge is 0.339 e. The van der Waals surface area contributed by atoms with Gasteiger partial charge in [0.25, 0.3) is 0 Å².